The van der Waals surface area contributed by atoms with Crippen LogP contribution in [0.15, 0.2) is 6.20 Å². The van der Waals surface area contributed by atoms with Crippen LogP contribution in [0.25, 0.3) is 0 Å². The molecular weight excluding hydrogens is 302 g/mol. The summed E-state index contributed by atoms with van der Waals surface area (Å²) in [5.74, 6) is -1.08. The van der Waals surface area contributed by atoms with Gasteiger partial charge in [-0.2, -0.15) is 0 Å². The molecule has 1 amide bonds. The van der Waals surface area contributed by atoms with Crippen LogP contribution in [-0.4, -0.2) is 80.3 Å². The van der Waals surface area contributed by atoms with E-state index in [-0.39, 0.29) is 11.8 Å². The molecule has 2 heterocycles. The Morgan fingerprint density at radius 3 is 2.39 bits per heavy atom. The Bertz CT molecular complexity index is 558. The Labute approximate surface area is 134 Å². The highest BCUT2D eigenvalue weighted by molar-refractivity contribution is 5.84. The quantitative estimate of drug-likeness (QED) is 0.861. The van der Waals surface area contributed by atoms with Crippen LogP contribution in [0.1, 0.15) is 31.3 Å². The number of rotatable bonds is 4. The monoisotopic (exact) mass is 325 g/mol. The van der Waals surface area contributed by atoms with Crippen LogP contribution < -0.4 is 0 Å². The third kappa shape index (κ3) is 5.20. The van der Waals surface area contributed by atoms with Gasteiger partial charge in [-0.05, 0) is 20.8 Å². The molecule has 0 unspecified atom stereocenters. The van der Waals surface area contributed by atoms with Gasteiger partial charge in [-0.1, -0.05) is 5.21 Å². The zero-order chi connectivity index (χ0) is 17.0. The molecule has 1 aromatic heterocycles. The van der Waals surface area contributed by atoms with E-state index in [0.717, 1.165) is 19.6 Å². The molecule has 0 saturated carbocycles. The van der Waals surface area contributed by atoms with Gasteiger partial charge in [0.15, 0.2) is 5.69 Å². The number of carboxylic acids is 1. The molecule has 1 N–H and O–H groups in total. The lowest BCUT2D eigenvalue weighted by atomic mass is 10.2. The van der Waals surface area contributed by atoms with Gasteiger partial charge < -0.3 is 14.7 Å². The SMILES string of the molecule is CC(C)(C)OC(=O)N1CCN(CCn2cc(C(=O)O)nn2)CC1. The number of aromatic nitrogens is 3. The van der Waals surface area contributed by atoms with Crippen molar-refractivity contribution in [3.8, 4) is 0 Å². The lowest BCUT2D eigenvalue weighted by Crippen LogP contribution is -2.50. The molecule has 0 aliphatic carbocycles. The summed E-state index contributed by atoms with van der Waals surface area (Å²) < 4.78 is 6.87. The summed E-state index contributed by atoms with van der Waals surface area (Å²) in [6.45, 7) is 9.58. The number of aromatic carboxylic acids is 1. The predicted octanol–water partition coefficient (Wildman–Crippen LogP) is 0.529. The van der Waals surface area contributed by atoms with Gasteiger partial charge in [-0.3, -0.25) is 9.58 Å². The standard InChI is InChI=1S/C14H23N5O4/c1-14(2,3)23-13(22)18-7-4-17(5-8-18)6-9-19-10-11(12(20)21)15-16-19/h10H,4-9H2,1-3H3,(H,20,21). The molecule has 0 spiro atoms. The van der Waals surface area contributed by atoms with Crippen molar-refractivity contribution in [2.24, 2.45) is 0 Å². The smallest absolute Gasteiger partial charge is 0.410 e. The Morgan fingerprint density at radius 2 is 1.87 bits per heavy atom. The highest BCUT2D eigenvalue weighted by Crippen LogP contribution is 2.11. The van der Waals surface area contributed by atoms with Gasteiger partial charge in [0.05, 0.1) is 12.7 Å². The Morgan fingerprint density at radius 1 is 1.22 bits per heavy atom. The fourth-order valence-corrected chi connectivity index (χ4v) is 2.23. The van der Waals surface area contributed by atoms with Crippen LogP contribution in [0, 0.1) is 0 Å². The summed E-state index contributed by atoms with van der Waals surface area (Å²) in [7, 11) is 0. The summed E-state index contributed by atoms with van der Waals surface area (Å²) in [5, 5.41) is 16.2. The fourth-order valence-electron chi connectivity index (χ4n) is 2.23. The van der Waals surface area contributed by atoms with Crippen molar-refractivity contribution in [1.82, 2.24) is 24.8 Å². The molecule has 128 valence electrons. The summed E-state index contributed by atoms with van der Waals surface area (Å²) in [6.07, 6.45) is 1.14. The van der Waals surface area contributed by atoms with Crippen molar-refractivity contribution < 1.29 is 19.4 Å². The molecule has 0 bridgehead atoms. The maximum absolute atomic E-state index is 12.0. The first kappa shape index (κ1) is 17.2. The molecule has 1 aromatic rings. The van der Waals surface area contributed by atoms with E-state index in [2.05, 4.69) is 15.2 Å². The molecular formula is C14H23N5O4. The summed E-state index contributed by atoms with van der Waals surface area (Å²) in [5.41, 5.74) is -0.539. The van der Waals surface area contributed by atoms with Gasteiger partial charge in [-0.15, -0.1) is 5.10 Å². The van der Waals surface area contributed by atoms with Crippen molar-refractivity contribution in [3.63, 3.8) is 0 Å². The first-order valence-corrected chi connectivity index (χ1v) is 7.58. The van der Waals surface area contributed by atoms with Crippen molar-refractivity contribution in [2.45, 2.75) is 32.9 Å². The topological polar surface area (TPSA) is 101 Å². The molecule has 1 aliphatic heterocycles. The zero-order valence-corrected chi connectivity index (χ0v) is 13.7. The van der Waals surface area contributed by atoms with E-state index >= 15 is 0 Å². The predicted molar refractivity (Wildman–Crippen MR) is 81.2 cm³/mol. The van der Waals surface area contributed by atoms with E-state index in [1.165, 1.54) is 10.9 Å². The normalized spacial score (nSPS) is 16.4. The second kappa shape index (κ2) is 6.95. The van der Waals surface area contributed by atoms with Gasteiger partial charge >= 0.3 is 12.1 Å². The van der Waals surface area contributed by atoms with Gasteiger partial charge in [-0.25, -0.2) is 9.59 Å². The Hall–Kier alpha value is -2.16. The van der Waals surface area contributed by atoms with E-state index in [0.29, 0.717) is 19.6 Å². The summed E-state index contributed by atoms with van der Waals surface area (Å²) in [6, 6.07) is 0. The van der Waals surface area contributed by atoms with Crippen LogP contribution in [0.2, 0.25) is 0 Å². The first-order valence-electron chi connectivity index (χ1n) is 7.58. The molecule has 0 atom stereocenters. The number of piperazine rings is 1. The minimum atomic E-state index is -1.08. The molecule has 23 heavy (non-hydrogen) atoms. The second-order valence-corrected chi connectivity index (χ2v) is 6.48. The van der Waals surface area contributed by atoms with Gasteiger partial charge in [0, 0.05) is 32.7 Å². The third-order valence-corrected chi connectivity index (χ3v) is 3.43. The number of carbonyl (C=O) groups is 2. The van der Waals surface area contributed by atoms with Gasteiger partial charge in [0.25, 0.3) is 0 Å². The van der Waals surface area contributed by atoms with E-state index in [1.54, 1.807) is 4.90 Å². The average Bonchev–Trinajstić information content (AvgIpc) is 2.93. The summed E-state index contributed by atoms with van der Waals surface area (Å²) >= 11 is 0. The van der Waals surface area contributed by atoms with Crippen LogP contribution in [0.5, 0.6) is 0 Å². The Kier molecular flexibility index (Phi) is 5.19. The molecule has 0 aromatic carbocycles. The maximum Gasteiger partial charge on any atom is 0.410 e. The molecule has 2 rings (SSSR count). The largest absolute Gasteiger partial charge is 0.476 e. The zero-order valence-electron chi connectivity index (χ0n) is 13.7. The van der Waals surface area contributed by atoms with Crippen LogP contribution >= 0.6 is 0 Å². The van der Waals surface area contributed by atoms with E-state index < -0.39 is 11.6 Å². The first-order chi connectivity index (χ1) is 10.7. The van der Waals surface area contributed by atoms with Crippen LogP contribution in [0.4, 0.5) is 4.79 Å². The molecule has 1 saturated heterocycles. The van der Waals surface area contributed by atoms with Gasteiger partial charge in [0.1, 0.15) is 5.60 Å². The Balaban J connectivity index is 1.74. The van der Waals surface area contributed by atoms with Crippen molar-refractivity contribution >= 4 is 12.1 Å². The highest BCUT2D eigenvalue weighted by Gasteiger charge is 2.25. The molecule has 1 fully saturated rings. The van der Waals surface area contributed by atoms with Crippen molar-refractivity contribution in [2.75, 3.05) is 32.7 Å². The molecule has 1 aliphatic rings. The van der Waals surface area contributed by atoms with Crippen molar-refractivity contribution in [3.05, 3.63) is 11.9 Å². The number of hydrogen-bond acceptors (Lipinski definition) is 6. The summed E-state index contributed by atoms with van der Waals surface area (Å²) in [4.78, 5) is 26.6. The highest BCUT2D eigenvalue weighted by atomic mass is 16.6. The number of ether oxygens (including phenoxy) is 1. The lowest BCUT2D eigenvalue weighted by Gasteiger charge is -2.35. The molecule has 9 nitrogen and oxygen atoms in total. The van der Waals surface area contributed by atoms with Crippen LogP contribution in [0.3, 0.4) is 0 Å². The number of carbonyl (C=O) groups excluding carboxylic acids is 1. The number of carboxylic acid groups (broad SMARTS) is 1. The second-order valence-electron chi connectivity index (χ2n) is 6.48. The van der Waals surface area contributed by atoms with E-state index in [4.69, 9.17) is 9.84 Å². The average molecular weight is 325 g/mol. The van der Waals surface area contributed by atoms with Crippen LogP contribution in [-0.2, 0) is 11.3 Å². The van der Waals surface area contributed by atoms with Gasteiger partial charge in [0.2, 0.25) is 0 Å². The maximum atomic E-state index is 12.0. The minimum absolute atomic E-state index is 0.0558. The minimum Gasteiger partial charge on any atom is -0.476 e. The number of hydrogen-bond donors (Lipinski definition) is 1. The third-order valence-electron chi connectivity index (χ3n) is 3.43. The number of nitrogens with zero attached hydrogens (tertiary/aromatic N) is 5. The molecule has 9 heteroatoms. The lowest BCUT2D eigenvalue weighted by molar-refractivity contribution is 0.0142. The van der Waals surface area contributed by atoms with Crippen molar-refractivity contribution in [1.29, 1.82) is 0 Å². The fraction of sp³-hybridized carbons (Fsp3) is 0.714. The number of amides is 1. The van der Waals surface area contributed by atoms with E-state index in [1.807, 2.05) is 20.8 Å². The van der Waals surface area contributed by atoms with E-state index in [9.17, 15) is 9.59 Å². The molecule has 0 radical (unpaired) electrons.